The average molecular weight is 241 g/mol. The van der Waals surface area contributed by atoms with Crippen LogP contribution < -0.4 is 5.32 Å². The van der Waals surface area contributed by atoms with Crippen molar-refractivity contribution in [2.75, 3.05) is 0 Å². The summed E-state index contributed by atoms with van der Waals surface area (Å²) in [5.41, 5.74) is 1.02. The summed E-state index contributed by atoms with van der Waals surface area (Å²) in [7, 11) is 0. The second-order valence-corrected chi connectivity index (χ2v) is 4.91. The number of carbonyl (C=O) groups is 1. The van der Waals surface area contributed by atoms with Crippen LogP contribution in [0.3, 0.4) is 0 Å². The van der Waals surface area contributed by atoms with Gasteiger partial charge in [0.1, 0.15) is 0 Å². The van der Waals surface area contributed by atoms with E-state index in [4.69, 9.17) is 17.0 Å². The van der Waals surface area contributed by atoms with Crippen LogP contribution in [0.4, 0.5) is 0 Å². The zero-order chi connectivity index (χ0) is 10.8. The summed E-state index contributed by atoms with van der Waals surface area (Å²) >= 11 is 7.10. The lowest BCUT2D eigenvalue weighted by Crippen LogP contribution is -2.25. The van der Waals surface area contributed by atoms with Gasteiger partial charge in [0.25, 0.3) is 0 Å². The molecule has 1 aromatic carbocycles. The van der Waals surface area contributed by atoms with Gasteiger partial charge >= 0.3 is 0 Å². The zero-order valence-electron chi connectivity index (χ0n) is 7.79. The van der Waals surface area contributed by atoms with Crippen molar-refractivity contribution in [3.63, 3.8) is 0 Å². The maximum Gasteiger partial charge on any atom is 0.239 e. The van der Waals surface area contributed by atoms with E-state index in [0.717, 1.165) is 5.56 Å². The topological polar surface area (TPSA) is 53.0 Å². The first-order chi connectivity index (χ1) is 7.15. The van der Waals surface area contributed by atoms with Crippen molar-refractivity contribution in [1.29, 1.82) is 5.41 Å². The van der Waals surface area contributed by atoms with Crippen molar-refractivity contribution in [2.24, 2.45) is 0 Å². The Labute approximate surface area is 96.7 Å². The molecule has 2 N–H and O–H groups in total. The normalized spacial score (nSPS) is 20.5. The summed E-state index contributed by atoms with van der Waals surface area (Å²) in [6.07, 6.45) is 0.611. The van der Waals surface area contributed by atoms with E-state index in [1.165, 1.54) is 11.8 Å². The Balaban J connectivity index is 2.09. The number of rotatable bonds is 2. The van der Waals surface area contributed by atoms with Crippen LogP contribution in [-0.2, 0) is 11.2 Å². The third-order valence-electron chi connectivity index (χ3n) is 2.10. The lowest BCUT2D eigenvalue weighted by Gasteiger charge is -2.05. The molecule has 0 aromatic heterocycles. The van der Waals surface area contributed by atoms with Crippen LogP contribution >= 0.6 is 23.4 Å². The molecule has 0 bridgehead atoms. The quantitative estimate of drug-likeness (QED) is 0.831. The summed E-state index contributed by atoms with van der Waals surface area (Å²) in [5, 5.41) is 10.5. The third-order valence-corrected chi connectivity index (χ3v) is 3.34. The van der Waals surface area contributed by atoms with E-state index in [0.29, 0.717) is 11.4 Å². The van der Waals surface area contributed by atoms with Gasteiger partial charge in [-0.2, -0.15) is 0 Å². The Morgan fingerprint density at radius 1 is 1.53 bits per heavy atom. The summed E-state index contributed by atoms with van der Waals surface area (Å²) in [4.78, 5) is 11.4. The van der Waals surface area contributed by atoms with E-state index in [1.807, 2.05) is 18.2 Å². The highest BCUT2D eigenvalue weighted by atomic mass is 35.5. The van der Waals surface area contributed by atoms with Crippen LogP contribution in [0.15, 0.2) is 24.3 Å². The molecule has 1 unspecified atom stereocenters. The molecule has 78 valence electrons. The molecule has 1 saturated heterocycles. The Hall–Kier alpha value is -1.000. The van der Waals surface area contributed by atoms with Crippen molar-refractivity contribution < 1.29 is 4.79 Å². The SMILES string of the molecule is N=C1NC(=O)C(Cc2cccc(Cl)c2)S1. The van der Waals surface area contributed by atoms with Crippen molar-refractivity contribution in [3.05, 3.63) is 34.9 Å². The molecule has 3 nitrogen and oxygen atoms in total. The van der Waals surface area contributed by atoms with E-state index < -0.39 is 0 Å². The minimum absolute atomic E-state index is 0.0926. The van der Waals surface area contributed by atoms with Crippen LogP contribution in [-0.4, -0.2) is 16.3 Å². The van der Waals surface area contributed by atoms with Crippen LogP contribution in [0, 0.1) is 5.41 Å². The maximum absolute atomic E-state index is 11.4. The molecule has 0 saturated carbocycles. The van der Waals surface area contributed by atoms with E-state index >= 15 is 0 Å². The molecule has 2 rings (SSSR count). The van der Waals surface area contributed by atoms with Crippen molar-refractivity contribution in [2.45, 2.75) is 11.7 Å². The molecule has 1 amide bonds. The van der Waals surface area contributed by atoms with Gasteiger partial charge in [-0.3, -0.25) is 10.2 Å². The monoisotopic (exact) mass is 240 g/mol. The number of halogens is 1. The fraction of sp³-hybridized carbons (Fsp3) is 0.200. The van der Waals surface area contributed by atoms with Crippen molar-refractivity contribution >= 4 is 34.4 Å². The molecule has 0 spiro atoms. The van der Waals surface area contributed by atoms with Gasteiger partial charge in [-0.1, -0.05) is 35.5 Å². The highest BCUT2D eigenvalue weighted by molar-refractivity contribution is 8.15. The van der Waals surface area contributed by atoms with Crippen molar-refractivity contribution in [1.82, 2.24) is 5.32 Å². The van der Waals surface area contributed by atoms with Crippen LogP contribution in [0.2, 0.25) is 5.02 Å². The largest absolute Gasteiger partial charge is 0.305 e. The molecule has 5 heteroatoms. The molecule has 0 aliphatic carbocycles. The van der Waals surface area contributed by atoms with E-state index in [9.17, 15) is 4.79 Å². The fourth-order valence-electron chi connectivity index (χ4n) is 1.43. The number of hydrogen-bond acceptors (Lipinski definition) is 3. The van der Waals surface area contributed by atoms with E-state index in [1.54, 1.807) is 6.07 Å². The van der Waals surface area contributed by atoms with Gasteiger partial charge in [-0.05, 0) is 24.1 Å². The predicted octanol–water partition coefficient (Wildman–Crippen LogP) is 2.05. The smallest absolute Gasteiger partial charge is 0.239 e. The first kappa shape index (κ1) is 10.5. The number of nitrogens with one attached hydrogen (secondary N) is 2. The predicted molar refractivity (Wildman–Crippen MR) is 62.4 cm³/mol. The molecular weight excluding hydrogens is 232 g/mol. The zero-order valence-corrected chi connectivity index (χ0v) is 9.36. The average Bonchev–Trinajstić information content (AvgIpc) is 2.45. The fourth-order valence-corrected chi connectivity index (χ4v) is 2.53. The molecule has 1 heterocycles. The molecule has 1 atom stereocenters. The van der Waals surface area contributed by atoms with Gasteiger partial charge in [0.15, 0.2) is 5.17 Å². The first-order valence-corrected chi connectivity index (χ1v) is 5.71. The van der Waals surface area contributed by atoms with Crippen LogP contribution in [0.5, 0.6) is 0 Å². The minimum Gasteiger partial charge on any atom is -0.305 e. The standard InChI is InChI=1S/C10H9ClN2OS/c11-7-3-1-2-6(4-7)5-8-9(14)13-10(12)15-8/h1-4,8H,5H2,(H2,12,13,14). The molecule has 1 aliphatic rings. The van der Waals surface area contributed by atoms with Gasteiger partial charge in [0.05, 0.1) is 5.25 Å². The second kappa shape index (κ2) is 4.24. The number of hydrogen-bond donors (Lipinski definition) is 2. The van der Waals surface area contributed by atoms with Gasteiger partial charge < -0.3 is 5.32 Å². The van der Waals surface area contributed by atoms with Gasteiger partial charge in [-0.15, -0.1) is 0 Å². The highest BCUT2D eigenvalue weighted by Crippen LogP contribution is 2.23. The van der Waals surface area contributed by atoms with Crippen LogP contribution in [0.1, 0.15) is 5.56 Å². The number of benzene rings is 1. The summed E-state index contributed by atoms with van der Waals surface area (Å²) in [6.45, 7) is 0. The molecule has 1 aliphatic heterocycles. The van der Waals surface area contributed by atoms with Crippen molar-refractivity contribution in [3.8, 4) is 0 Å². The van der Waals surface area contributed by atoms with Gasteiger partial charge in [0, 0.05) is 5.02 Å². The van der Waals surface area contributed by atoms with E-state index in [2.05, 4.69) is 5.32 Å². The minimum atomic E-state index is -0.198. The molecule has 0 radical (unpaired) electrons. The maximum atomic E-state index is 11.4. The second-order valence-electron chi connectivity index (χ2n) is 3.26. The first-order valence-electron chi connectivity index (χ1n) is 4.45. The molecular formula is C10H9ClN2OS. The number of thioether (sulfide) groups is 1. The van der Waals surface area contributed by atoms with Crippen LogP contribution in [0.25, 0.3) is 0 Å². The Morgan fingerprint density at radius 2 is 2.33 bits per heavy atom. The number of amidine groups is 1. The highest BCUT2D eigenvalue weighted by Gasteiger charge is 2.29. The Morgan fingerprint density at radius 3 is 2.93 bits per heavy atom. The van der Waals surface area contributed by atoms with Gasteiger partial charge in [0.2, 0.25) is 5.91 Å². The molecule has 15 heavy (non-hydrogen) atoms. The van der Waals surface area contributed by atoms with Gasteiger partial charge in [-0.25, -0.2) is 0 Å². The lowest BCUT2D eigenvalue weighted by molar-refractivity contribution is -0.118. The summed E-state index contributed by atoms with van der Waals surface area (Å²) < 4.78 is 0. The molecule has 1 aromatic rings. The number of amides is 1. The Bertz CT molecular complexity index is 422. The third kappa shape index (κ3) is 2.52. The lowest BCUT2D eigenvalue weighted by atomic mass is 10.1. The number of carbonyl (C=O) groups excluding carboxylic acids is 1. The van der Waals surface area contributed by atoms with E-state index in [-0.39, 0.29) is 16.3 Å². The molecule has 1 fully saturated rings. The summed E-state index contributed by atoms with van der Waals surface area (Å²) in [5.74, 6) is -0.0926. The summed E-state index contributed by atoms with van der Waals surface area (Å²) in [6, 6.07) is 7.44. The Kier molecular flexibility index (Phi) is 2.98.